The third-order valence-electron chi connectivity index (χ3n) is 4.59. The molecule has 0 saturated heterocycles. The van der Waals surface area contributed by atoms with Crippen molar-refractivity contribution in [3.05, 3.63) is 0 Å². The molecule has 0 bridgehead atoms. The number of unbranched alkanes of at least 4 members (excludes halogenated alkanes) is 1. The second-order valence-electron chi connectivity index (χ2n) is 5.52. The Balaban J connectivity index is 1.88. The summed E-state index contributed by atoms with van der Waals surface area (Å²) in [5, 5.41) is 9.22. The zero-order chi connectivity index (χ0) is 10.0. The molecule has 82 valence electrons. The van der Waals surface area contributed by atoms with Crippen LogP contribution in [0.3, 0.4) is 0 Å². The third kappa shape index (κ3) is 1.98. The molecular weight excluding hydrogens is 172 g/mol. The van der Waals surface area contributed by atoms with Crippen molar-refractivity contribution in [2.75, 3.05) is 6.61 Å². The van der Waals surface area contributed by atoms with Crippen LogP contribution in [0.5, 0.6) is 0 Å². The lowest BCUT2D eigenvalue weighted by molar-refractivity contribution is 0.101. The topological polar surface area (TPSA) is 20.2 Å². The minimum absolute atomic E-state index is 0.429. The first-order valence-corrected chi connectivity index (χ1v) is 6.41. The van der Waals surface area contributed by atoms with Crippen LogP contribution >= 0.6 is 0 Å². The third-order valence-corrected chi connectivity index (χ3v) is 4.59. The summed E-state index contributed by atoms with van der Waals surface area (Å²) in [4.78, 5) is 0. The largest absolute Gasteiger partial charge is 0.396 e. The Labute approximate surface area is 87.9 Å². The Bertz CT molecular complexity index is 184. The summed E-state index contributed by atoms with van der Waals surface area (Å²) >= 11 is 0. The Morgan fingerprint density at radius 3 is 2.64 bits per heavy atom. The molecule has 2 aliphatic carbocycles. The Hall–Kier alpha value is -0.0400. The predicted molar refractivity (Wildman–Crippen MR) is 59.1 cm³/mol. The molecule has 2 fully saturated rings. The van der Waals surface area contributed by atoms with Crippen LogP contribution in [0.1, 0.15) is 58.3 Å². The van der Waals surface area contributed by atoms with Gasteiger partial charge >= 0.3 is 0 Å². The van der Waals surface area contributed by atoms with Crippen molar-refractivity contribution < 1.29 is 5.11 Å². The van der Waals surface area contributed by atoms with E-state index in [1.54, 1.807) is 0 Å². The van der Waals surface area contributed by atoms with Crippen molar-refractivity contribution >= 4 is 0 Å². The fraction of sp³-hybridized carbons (Fsp3) is 1.00. The summed E-state index contributed by atoms with van der Waals surface area (Å²) < 4.78 is 0. The first kappa shape index (κ1) is 10.5. The smallest absolute Gasteiger partial charge is 0.0459 e. The molecule has 2 unspecified atom stereocenters. The van der Waals surface area contributed by atoms with Gasteiger partial charge in [0, 0.05) is 6.61 Å². The monoisotopic (exact) mass is 196 g/mol. The number of hydrogen-bond acceptors (Lipinski definition) is 1. The molecule has 2 atom stereocenters. The highest BCUT2D eigenvalue weighted by Crippen LogP contribution is 2.61. The molecule has 0 aliphatic heterocycles. The second kappa shape index (κ2) is 4.22. The molecule has 1 N–H and O–H groups in total. The number of aliphatic hydroxyl groups is 1. The molecule has 0 aromatic carbocycles. The summed E-state index contributed by atoms with van der Waals surface area (Å²) in [7, 11) is 0. The highest BCUT2D eigenvalue weighted by molar-refractivity contribution is 5.01. The van der Waals surface area contributed by atoms with E-state index in [-0.39, 0.29) is 0 Å². The van der Waals surface area contributed by atoms with Crippen LogP contribution < -0.4 is 0 Å². The number of rotatable bonds is 4. The maximum atomic E-state index is 9.22. The highest BCUT2D eigenvalue weighted by Gasteiger charge is 2.50. The zero-order valence-corrected chi connectivity index (χ0v) is 9.47. The summed E-state index contributed by atoms with van der Waals surface area (Å²) in [6.45, 7) is 2.71. The average Bonchev–Trinajstić information content (AvgIpc) is 2.98. The number of aliphatic hydroxyl groups excluding tert-OH is 1. The normalized spacial score (nSPS) is 34.7. The van der Waals surface area contributed by atoms with E-state index in [9.17, 15) is 5.11 Å². The standard InChI is InChI=1S/C13H24O/c1-2-3-4-12-9-11(10-14)5-6-13(12)7-8-13/h11-12,14H,2-10H2,1H3. The van der Waals surface area contributed by atoms with Crippen molar-refractivity contribution in [1.29, 1.82) is 0 Å². The fourth-order valence-corrected chi connectivity index (χ4v) is 3.33. The van der Waals surface area contributed by atoms with Crippen LogP contribution in [0.15, 0.2) is 0 Å². The molecule has 0 aromatic rings. The molecule has 0 heterocycles. The molecule has 1 nitrogen and oxygen atoms in total. The molecular formula is C13H24O. The van der Waals surface area contributed by atoms with Gasteiger partial charge in [-0.25, -0.2) is 0 Å². The Kier molecular flexibility index (Phi) is 3.16. The summed E-state index contributed by atoms with van der Waals surface area (Å²) in [6, 6.07) is 0. The van der Waals surface area contributed by atoms with Gasteiger partial charge in [-0.15, -0.1) is 0 Å². The van der Waals surface area contributed by atoms with Gasteiger partial charge in [-0.1, -0.05) is 19.8 Å². The maximum Gasteiger partial charge on any atom is 0.0459 e. The molecule has 2 aliphatic rings. The van der Waals surface area contributed by atoms with Gasteiger partial charge in [0.2, 0.25) is 0 Å². The van der Waals surface area contributed by atoms with E-state index in [4.69, 9.17) is 0 Å². The molecule has 1 heteroatoms. The van der Waals surface area contributed by atoms with Gasteiger partial charge in [0.1, 0.15) is 0 Å². The fourth-order valence-electron chi connectivity index (χ4n) is 3.33. The molecule has 1 spiro atoms. The van der Waals surface area contributed by atoms with E-state index >= 15 is 0 Å². The maximum absolute atomic E-state index is 9.22. The molecule has 0 radical (unpaired) electrons. The van der Waals surface area contributed by atoms with Crippen LogP contribution in [0, 0.1) is 17.3 Å². The van der Waals surface area contributed by atoms with Crippen molar-refractivity contribution in [3.8, 4) is 0 Å². The van der Waals surface area contributed by atoms with Crippen LogP contribution in [-0.2, 0) is 0 Å². The van der Waals surface area contributed by atoms with E-state index in [1.165, 1.54) is 51.4 Å². The minimum atomic E-state index is 0.429. The van der Waals surface area contributed by atoms with Crippen LogP contribution in [-0.4, -0.2) is 11.7 Å². The highest BCUT2D eigenvalue weighted by atomic mass is 16.3. The number of hydrogen-bond donors (Lipinski definition) is 1. The quantitative estimate of drug-likeness (QED) is 0.731. The van der Waals surface area contributed by atoms with Gasteiger partial charge in [0.15, 0.2) is 0 Å². The van der Waals surface area contributed by atoms with Crippen molar-refractivity contribution in [3.63, 3.8) is 0 Å². The van der Waals surface area contributed by atoms with Crippen LogP contribution in [0.25, 0.3) is 0 Å². The van der Waals surface area contributed by atoms with Crippen LogP contribution in [0.4, 0.5) is 0 Å². The van der Waals surface area contributed by atoms with Gasteiger partial charge in [0.25, 0.3) is 0 Å². The first-order chi connectivity index (χ1) is 6.80. The summed E-state index contributed by atoms with van der Waals surface area (Å²) in [5.41, 5.74) is 0.765. The van der Waals surface area contributed by atoms with E-state index in [2.05, 4.69) is 6.92 Å². The second-order valence-corrected chi connectivity index (χ2v) is 5.52. The average molecular weight is 196 g/mol. The van der Waals surface area contributed by atoms with Crippen molar-refractivity contribution in [2.45, 2.75) is 58.3 Å². The van der Waals surface area contributed by atoms with Gasteiger partial charge < -0.3 is 5.11 Å². The lowest BCUT2D eigenvalue weighted by atomic mass is 9.70. The molecule has 14 heavy (non-hydrogen) atoms. The molecule has 2 rings (SSSR count). The Morgan fingerprint density at radius 2 is 2.07 bits per heavy atom. The SMILES string of the molecule is CCCCC1CC(CO)CCC12CC2. The molecule has 0 aromatic heterocycles. The summed E-state index contributed by atoms with van der Waals surface area (Å²) in [6.07, 6.45) is 11.1. The van der Waals surface area contributed by atoms with E-state index in [0.717, 1.165) is 11.3 Å². The first-order valence-electron chi connectivity index (χ1n) is 6.41. The van der Waals surface area contributed by atoms with Crippen molar-refractivity contribution in [2.24, 2.45) is 17.3 Å². The van der Waals surface area contributed by atoms with Crippen molar-refractivity contribution in [1.82, 2.24) is 0 Å². The molecule has 0 amide bonds. The van der Waals surface area contributed by atoms with Gasteiger partial charge in [-0.05, 0) is 55.8 Å². The lowest BCUT2D eigenvalue weighted by Crippen LogP contribution is -2.27. The lowest BCUT2D eigenvalue weighted by Gasteiger charge is -2.36. The molecule has 2 saturated carbocycles. The van der Waals surface area contributed by atoms with E-state index in [1.807, 2.05) is 0 Å². The zero-order valence-electron chi connectivity index (χ0n) is 9.47. The van der Waals surface area contributed by atoms with E-state index in [0.29, 0.717) is 12.5 Å². The van der Waals surface area contributed by atoms with Gasteiger partial charge in [-0.3, -0.25) is 0 Å². The Morgan fingerprint density at radius 1 is 1.29 bits per heavy atom. The van der Waals surface area contributed by atoms with E-state index < -0.39 is 0 Å². The minimum Gasteiger partial charge on any atom is -0.396 e. The van der Waals surface area contributed by atoms with Crippen LogP contribution in [0.2, 0.25) is 0 Å². The summed E-state index contributed by atoms with van der Waals surface area (Å²) in [5.74, 6) is 1.58. The van der Waals surface area contributed by atoms with Gasteiger partial charge in [0.05, 0.1) is 0 Å². The van der Waals surface area contributed by atoms with Gasteiger partial charge in [-0.2, -0.15) is 0 Å². The predicted octanol–water partition coefficient (Wildman–Crippen LogP) is 3.37.